The van der Waals surface area contributed by atoms with Crippen molar-refractivity contribution in [2.45, 2.75) is 26.2 Å². The Balaban J connectivity index is 2.00. The van der Waals surface area contributed by atoms with Gasteiger partial charge >= 0.3 is 0 Å². The minimum Gasteiger partial charge on any atom is -0.0622 e. The van der Waals surface area contributed by atoms with Crippen LogP contribution in [0, 0.1) is 6.92 Å². The molecule has 0 atom stereocenters. The maximum atomic E-state index is 2.40. The Bertz CT molecular complexity index is 854. The minimum atomic E-state index is 0.0726. The first kappa shape index (κ1) is 13.3. The van der Waals surface area contributed by atoms with Crippen molar-refractivity contribution in [2.24, 2.45) is 0 Å². The number of fused-ring (bicyclic) bond motifs is 3. The van der Waals surface area contributed by atoms with E-state index in [4.69, 9.17) is 0 Å². The number of rotatable bonds is 1. The number of aryl methyl sites for hydroxylation is 1. The second-order valence-electron chi connectivity index (χ2n) is 6.75. The summed E-state index contributed by atoms with van der Waals surface area (Å²) < 4.78 is 0. The lowest BCUT2D eigenvalue weighted by molar-refractivity contribution is 0.660. The van der Waals surface area contributed by atoms with Crippen LogP contribution in [-0.4, -0.2) is 0 Å². The van der Waals surface area contributed by atoms with E-state index in [1.54, 1.807) is 0 Å². The van der Waals surface area contributed by atoms with Crippen LogP contribution in [0.5, 0.6) is 0 Å². The van der Waals surface area contributed by atoms with Gasteiger partial charge in [-0.25, -0.2) is 0 Å². The van der Waals surface area contributed by atoms with Crippen molar-refractivity contribution in [3.8, 4) is 22.3 Å². The number of hydrogen-bond donors (Lipinski definition) is 0. The molecule has 0 nitrogen and oxygen atoms in total. The Morgan fingerprint density at radius 1 is 0.636 bits per heavy atom. The molecule has 0 aromatic heterocycles. The highest BCUT2D eigenvalue weighted by Gasteiger charge is 2.35. The monoisotopic (exact) mass is 284 g/mol. The fourth-order valence-electron chi connectivity index (χ4n) is 3.78. The molecule has 0 unspecified atom stereocenters. The molecule has 0 spiro atoms. The van der Waals surface area contributed by atoms with E-state index in [0.717, 1.165) is 0 Å². The first-order chi connectivity index (χ1) is 10.6. The Kier molecular flexibility index (Phi) is 2.77. The van der Waals surface area contributed by atoms with Crippen LogP contribution in [0.15, 0.2) is 66.7 Å². The molecular weight excluding hydrogens is 264 g/mol. The Morgan fingerprint density at radius 3 is 2.09 bits per heavy atom. The lowest BCUT2D eigenvalue weighted by Crippen LogP contribution is -2.15. The molecule has 0 heteroatoms. The molecule has 3 aromatic carbocycles. The van der Waals surface area contributed by atoms with Gasteiger partial charge in [-0.15, -0.1) is 0 Å². The van der Waals surface area contributed by atoms with E-state index < -0.39 is 0 Å². The Morgan fingerprint density at radius 2 is 1.32 bits per heavy atom. The van der Waals surface area contributed by atoms with Crippen molar-refractivity contribution in [2.75, 3.05) is 0 Å². The van der Waals surface area contributed by atoms with E-state index in [9.17, 15) is 0 Å². The molecule has 0 bridgehead atoms. The molecule has 1 aliphatic rings. The van der Waals surface area contributed by atoms with Gasteiger partial charge in [0, 0.05) is 5.41 Å². The lowest BCUT2D eigenvalue weighted by atomic mass is 9.81. The van der Waals surface area contributed by atoms with Gasteiger partial charge in [0.25, 0.3) is 0 Å². The van der Waals surface area contributed by atoms with Gasteiger partial charge in [-0.2, -0.15) is 0 Å². The van der Waals surface area contributed by atoms with Gasteiger partial charge in [0.1, 0.15) is 0 Å². The highest BCUT2D eigenvalue weighted by Crippen LogP contribution is 2.50. The molecule has 22 heavy (non-hydrogen) atoms. The largest absolute Gasteiger partial charge is 0.0622 e. The van der Waals surface area contributed by atoms with E-state index in [-0.39, 0.29) is 5.41 Å². The van der Waals surface area contributed by atoms with Crippen molar-refractivity contribution < 1.29 is 0 Å². The summed E-state index contributed by atoms with van der Waals surface area (Å²) in [5, 5.41) is 0. The average molecular weight is 284 g/mol. The highest BCUT2D eigenvalue weighted by atomic mass is 14.4. The number of benzene rings is 3. The second kappa shape index (κ2) is 4.58. The normalized spacial score (nSPS) is 14.5. The van der Waals surface area contributed by atoms with Crippen molar-refractivity contribution in [1.82, 2.24) is 0 Å². The van der Waals surface area contributed by atoms with Crippen molar-refractivity contribution in [1.29, 1.82) is 0 Å². The zero-order valence-electron chi connectivity index (χ0n) is 13.4. The zero-order chi connectivity index (χ0) is 15.3. The molecule has 4 rings (SSSR count). The third-order valence-corrected chi connectivity index (χ3v) is 5.01. The molecule has 0 heterocycles. The maximum Gasteiger partial charge on any atom is 0.0159 e. The molecule has 0 saturated heterocycles. The van der Waals surface area contributed by atoms with Crippen LogP contribution in [0.1, 0.15) is 30.5 Å². The summed E-state index contributed by atoms with van der Waals surface area (Å²) in [7, 11) is 0. The van der Waals surface area contributed by atoms with Gasteiger partial charge < -0.3 is 0 Å². The van der Waals surface area contributed by atoms with Crippen LogP contribution < -0.4 is 0 Å². The average Bonchev–Trinajstić information content (AvgIpc) is 2.76. The van der Waals surface area contributed by atoms with Crippen LogP contribution in [0.25, 0.3) is 22.3 Å². The van der Waals surface area contributed by atoms with Crippen molar-refractivity contribution in [3.63, 3.8) is 0 Å². The van der Waals surface area contributed by atoms with Gasteiger partial charge in [0.15, 0.2) is 0 Å². The predicted molar refractivity (Wildman–Crippen MR) is 94.2 cm³/mol. The fraction of sp³-hybridized carbons (Fsp3) is 0.182. The lowest BCUT2D eigenvalue weighted by Gasteiger charge is -2.22. The Labute approximate surface area is 132 Å². The molecule has 0 aliphatic heterocycles. The van der Waals surface area contributed by atoms with Gasteiger partial charge in [-0.3, -0.25) is 0 Å². The van der Waals surface area contributed by atoms with Crippen molar-refractivity contribution in [3.05, 3.63) is 83.4 Å². The van der Waals surface area contributed by atoms with Crippen LogP contribution in [0.2, 0.25) is 0 Å². The summed E-state index contributed by atoms with van der Waals surface area (Å²) in [5.41, 5.74) is 9.74. The van der Waals surface area contributed by atoms with Crippen LogP contribution in [0.4, 0.5) is 0 Å². The predicted octanol–water partition coefficient (Wildman–Crippen LogP) is 5.97. The molecule has 0 amide bonds. The van der Waals surface area contributed by atoms with E-state index in [1.165, 1.54) is 38.9 Å². The van der Waals surface area contributed by atoms with Gasteiger partial charge in [-0.05, 0) is 51.9 Å². The van der Waals surface area contributed by atoms with Crippen LogP contribution in [-0.2, 0) is 5.41 Å². The van der Waals surface area contributed by atoms with E-state index >= 15 is 0 Å². The van der Waals surface area contributed by atoms with E-state index in [1.807, 2.05) is 0 Å². The number of hydrogen-bond acceptors (Lipinski definition) is 0. The molecule has 3 aromatic rings. The zero-order valence-corrected chi connectivity index (χ0v) is 13.4. The smallest absolute Gasteiger partial charge is 0.0159 e. The Hall–Kier alpha value is -2.34. The first-order valence-corrected chi connectivity index (χ1v) is 7.89. The van der Waals surface area contributed by atoms with Gasteiger partial charge in [0.05, 0.1) is 0 Å². The van der Waals surface area contributed by atoms with Crippen LogP contribution >= 0.6 is 0 Å². The third-order valence-electron chi connectivity index (χ3n) is 5.01. The maximum absolute atomic E-state index is 2.40. The van der Waals surface area contributed by atoms with Crippen LogP contribution in [0.3, 0.4) is 0 Å². The molecule has 0 fully saturated rings. The minimum absolute atomic E-state index is 0.0726. The molecular formula is C22H20. The molecule has 0 saturated carbocycles. The summed E-state index contributed by atoms with van der Waals surface area (Å²) >= 11 is 0. The third kappa shape index (κ3) is 1.77. The van der Waals surface area contributed by atoms with Gasteiger partial charge in [-0.1, -0.05) is 74.5 Å². The topological polar surface area (TPSA) is 0 Å². The summed E-state index contributed by atoms with van der Waals surface area (Å²) in [6.07, 6.45) is 0. The van der Waals surface area contributed by atoms with Gasteiger partial charge in [0.2, 0.25) is 0 Å². The summed E-state index contributed by atoms with van der Waals surface area (Å²) in [5.74, 6) is 0. The standard InChI is InChI=1S/C22H20/c1-15-13-19-17-11-7-8-12-20(17)22(2,3)21(19)14-18(15)16-9-5-4-6-10-16/h4-14H,1-3H3. The molecule has 108 valence electrons. The fourth-order valence-corrected chi connectivity index (χ4v) is 3.78. The second-order valence-corrected chi connectivity index (χ2v) is 6.75. The molecule has 0 radical (unpaired) electrons. The SMILES string of the molecule is Cc1cc2c(cc1-c1ccccc1)C(C)(C)c1ccccc1-2. The molecule has 1 aliphatic carbocycles. The van der Waals surface area contributed by atoms with E-state index in [0.29, 0.717) is 0 Å². The first-order valence-electron chi connectivity index (χ1n) is 7.89. The summed E-state index contributed by atoms with van der Waals surface area (Å²) in [4.78, 5) is 0. The summed E-state index contributed by atoms with van der Waals surface area (Å²) in [6.45, 7) is 6.89. The van der Waals surface area contributed by atoms with E-state index in [2.05, 4.69) is 87.5 Å². The van der Waals surface area contributed by atoms with Crippen molar-refractivity contribution >= 4 is 0 Å². The quantitative estimate of drug-likeness (QED) is 0.516. The molecule has 0 N–H and O–H groups in total. The highest BCUT2D eigenvalue weighted by molar-refractivity contribution is 5.84. The summed E-state index contributed by atoms with van der Waals surface area (Å²) in [6, 6.07) is 24.3.